The van der Waals surface area contributed by atoms with Crippen LogP contribution in [-0.2, 0) is 21.7 Å². The number of hydrogen-bond donors (Lipinski definition) is 8. The normalized spacial score (nSPS) is 27.8. The summed E-state index contributed by atoms with van der Waals surface area (Å²) in [6.07, 6.45) is 5.04. The predicted octanol–water partition coefficient (Wildman–Crippen LogP) is -1.16. The second-order valence-electron chi connectivity index (χ2n) is 14.2. The van der Waals surface area contributed by atoms with Crippen molar-refractivity contribution in [1.29, 1.82) is 0 Å². The summed E-state index contributed by atoms with van der Waals surface area (Å²) in [4.78, 5) is 0. The molecule has 0 amide bonds. The highest BCUT2D eigenvalue weighted by atomic mass is 16.4. The molecule has 46 heavy (non-hydrogen) atoms. The average molecular weight is 616 g/mol. The molecular formula is C34H36B4O8. The van der Waals surface area contributed by atoms with Crippen molar-refractivity contribution in [1.82, 2.24) is 0 Å². The fourth-order valence-corrected chi connectivity index (χ4v) is 9.90. The molecular weight excluding hydrogens is 580 g/mol. The van der Waals surface area contributed by atoms with Gasteiger partial charge in [0.05, 0.1) is 0 Å². The summed E-state index contributed by atoms with van der Waals surface area (Å²) in [5, 5.41) is 78.8. The first-order valence-electron chi connectivity index (χ1n) is 15.7. The van der Waals surface area contributed by atoms with Gasteiger partial charge in [-0.05, 0) is 104 Å². The van der Waals surface area contributed by atoms with Crippen molar-refractivity contribution in [2.24, 2.45) is 0 Å². The van der Waals surface area contributed by atoms with Gasteiger partial charge in [-0.25, -0.2) is 0 Å². The Bertz CT molecular complexity index is 1420. The minimum atomic E-state index is -1.57. The molecule has 0 heterocycles. The molecule has 0 saturated heterocycles. The minimum absolute atomic E-state index is 0.326. The van der Waals surface area contributed by atoms with Crippen LogP contribution in [0, 0.1) is 0 Å². The van der Waals surface area contributed by atoms with Crippen molar-refractivity contribution in [3.63, 3.8) is 0 Å². The molecule has 0 aliphatic heterocycles. The fourth-order valence-electron chi connectivity index (χ4n) is 9.90. The SMILES string of the molecule is OB(O)c1ccc(C23CC4(c5ccc(B(O)O)cc5)CC(c5ccc(B(O)O)cc5)(C2)CC(c2ccc(B(O)O)cc2)(C3)C4)cc1. The van der Waals surface area contributed by atoms with Gasteiger partial charge >= 0.3 is 28.5 Å². The van der Waals surface area contributed by atoms with E-state index in [-0.39, 0.29) is 21.7 Å². The Kier molecular flexibility index (Phi) is 7.66. The second-order valence-corrected chi connectivity index (χ2v) is 14.2. The minimum Gasteiger partial charge on any atom is -0.423 e. The lowest BCUT2D eigenvalue weighted by molar-refractivity contribution is -0.0691. The largest absolute Gasteiger partial charge is 0.488 e. The monoisotopic (exact) mass is 616 g/mol. The molecule has 8 rings (SSSR count). The summed E-state index contributed by atoms with van der Waals surface area (Å²) in [5.74, 6) is 0. The first-order chi connectivity index (χ1) is 21.9. The zero-order valence-electron chi connectivity index (χ0n) is 25.4. The maximum absolute atomic E-state index is 9.85. The number of benzene rings is 4. The molecule has 0 spiro atoms. The summed E-state index contributed by atoms with van der Waals surface area (Å²) in [6.45, 7) is 0. The first kappa shape index (κ1) is 31.4. The summed E-state index contributed by atoms with van der Waals surface area (Å²) in [5.41, 5.74) is 4.82. The zero-order valence-corrected chi connectivity index (χ0v) is 25.4. The van der Waals surface area contributed by atoms with Gasteiger partial charge in [-0.3, -0.25) is 0 Å². The Hall–Kier alpha value is -3.18. The van der Waals surface area contributed by atoms with Gasteiger partial charge in [0.25, 0.3) is 0 Å². The van der Waals surface area contributed by atoms with Gasteiger partial charge < -0.3 is 40.2 Å². The van der Waals surface area contributed by atoms with Crippen LogP contribution < -0.4 is 21.9 Å². The van der Waals surface area contributed by atoms with Crippen LogP contribution in [0.25, 0.3) is 0 Å². The van der Waals surface area contributed by atoms with E-state index in [1.165, 1.54) is 0 Å². The molecule has 4 aromatic carbocycles. The van der Waals surface area contributed by atoms with Gasteiger partial charge in [0.1, 0.15) is 0 Å². The van der Waals surface area contributed by atoms with Gasteiger partial charge in [0.15, 0.2) is 0 Å². The molecule has 0 unspecified atom stereocenters. The summed E-state index contributed by atoms with van der Waals surface area (Å²) >= 11 is 0. The molecule has 232 valence electrons. The zero-order chi connectivity index (χ0) is 32.5. The molecule has 8 N–H and O–H groups in total. The Balaban J connectivity index is 1.46. The van der Waals surface area contributed by atoms with Crippen molar-refractivity contribution in [3.8, 4) is 0 Å². The van der Waals surface area contributed by atoms with Crippen molar-refractivity contribution < 1.29 is 40.2 Å². The molecule has 0 atom stereocenters. The molecule has 4 saturated carbocycles. The van der Waals surface area contributed by atoms with E-state index in [4.69, 9.17) is 0 Å². The highest BCUT2D eigenvalue weighted by Gasteiger charge is 2.69. The van der Waals surface area contributed by atoms with E-state index < -0.39 is 28.5 Å². The van der Waals surface area contributed by atoms with E-state index in [1.54, 1.807) is 48.5 Å². The topological polar surface area (TPSA) is 162 Å². The molecule has 4 aliphatic carbocycles. The Labute approximate surface area is 269 Å². The fraction of sp³-hybridized carbons (Fsp3) is 0.294. The predicted molar refractivity (Wildman–Crippen MR) is 179 cm³/mol. The van der Waals surface area contributed by atoms with Crippen molar-refractivity contribution >= 4 is 50.3 Å². The maximum Gasteiger partial charge on any atom is 0.488 e. The summed E-state index contributed by atoms with van der Waals surface area (Å²) in [7, 11) is -6.29. The summed E-state index contributed by atoms with van der Waals surface area (Å²) in [6, 6.07) is 30.3. The lowest BCUT2D eigenvalue weighted by Gasteiger charge is -2.71. The van der Waals surface area contributed by atoms with Crippen LogP contribution in [0.2, 0.25) is 0 Å². The van der Waals surface area contributed by atoms with Crippen LogP contribution in [0.5, 0.6) is 0 Å². The Morgan fingerprint density at radius 1 is 0.283 bits per heavy atom. The third kappa shape index (κ3) is 5.09. The lowest BCUT2D eigenvalue weighted by atomic mass is 9.32. The van der Waals surface area contributed by atoms with E-state index in [9.17, 15) is 40.2 Å². The molecule has 4 aliphatic rings. The van der Waals surface area contributed by atoms with Crippen LogP contribution >= 0.6 is 0 Å². The van der Waals surface area contributed by atoms with E-state index in [2.05, 4.69) is 0 Å². The second kappa shape index (κ2) is 11.2. The number of rotatable bonds is 8. The van der Waals surface area contributed by atoms with Crippen molar-refractivity contribution in [2.75, 3.05) is 0 Å². The molecule has 4 bridgehead atoms. The van der Waals surface area contributed by atoms with Gasteiger partial charge in [0, 0.05) is 0 Å². The van der Waals surface area contributed by atoms with E-state index in [1.807, 2.05) is 48.5 Å². The number of hydrogen-bond acceptors (Lipinski definition) is 8. The maximum atomic E-state index is 9.85. The smallest absolute Gasteiger partial charge is 0.423 e. The van der Waals surface area contributed by atoms with Gasteiger partial charge in [-0.2, -0.15) is 0 Å². The average Bonchev–Trinajstić information content (AvgIpc) is 3.04. The molecule has 4 fully saturated rings. The van der Waals surface area contributed by atoms with Gasteiger partial charge in [-0.1, -0.05) is 97.1 Å². The third-order valence-corrected chi connectivity index (χ3v) is 11.3. The Morgan fingerprint density at radius 2 is 0.435 bits per heavy atom. The van der Waals surface area contributed by atoms with Crippen molar-refractivity contribution in [2.45, 2.75) is 60.2 Å². The summed E-state index contributed by atoms with van der Waals surface area (Å²) < 4.78 is 0. The van der Waals surface area contributed by atoms with Crippen LogP contribution in [0.4, 0.5) is 0 Å². The molecule has 12 heteroatoms. The molecule has 8 nitrogen and oxygen atoms in total. The Morgan fingerprint density at radius 3 is 0.565 bits per heavy atom. The van der Waals surface area contributed by atoms with Gasteiger partial charge in [0.2, 0.25) is 0 Å². The van der Waals surface area contributed by atoms with E-state index >= 15 is 0 Å². The highest BCUT2D eigenvalue weighted by Crippen LogP contribution is 2.74. The first-order valence-corrected chi connectivity index (χ1v) is 15.7. The molecule has 4 aromatic rings. The van der Waals surface area contributed by atoms with Crippen LogP contribution in [0.15, 0.2) is 97.1 Å². The standard InChI is InChI=1S/C34H36B4O8/c39-35(40)27-9-1-23(2-10-27)31-17-32(24-3-11-28(12-4-24)36(41)42)20-33(18-31,25-5-13-29(14-6-25)37(43)44)22-34(19-31,21-32)26-7-15-30(16-8-26)38(45)46/h1-16,39-46H,17-22H2. The molecule has 0 aromatic heterocycles. The molecule has 0 radical (unpaired) electrons. The van der Waals surface area contributed by atoms with Crippen LogP contribution in [0.1, 0.15) is 60.8 Å². The van der Waals surface area contributed by atoms with E-state index in [0.29, 0.717) is 21.9 Å². The highest BCUT2D eigenvalue weighted by molar-refractivity contribution is 6.59. The third-order valence-electron chi connectivity index (χ3n) is 11.3. The quantitative estimate of drug-likeness (QED) is 0.115. The van der Waals surface area contributed by atoms with E-state index in [0.717, 1.165) is 60.8 Å². The van der Waals surface area contributed by atoms with Crippen LogP contribution in [-0.4, -0.2) is 68.7 Å². The van der Waals surface area contributed by atoms with Crippen molar-refractivity contribution in [3.05, 3.63) is 119 Å². The van der Waals surface area contributed by atoms with Crippen LogP contribution in [0.3, 0.4) is 0 Å². The van der Waals surface area contributed by atoms with Gasteiger partial charge in [-0.15, -0.1) is 0 Å². The lowest BCUT2D eigenvalue weighted by Crippen LogP contribution is -2.67.